The van der Waals surface area contributed by atoms with E-state index in [0.29, 0.717) is 18.8 Å². The number of carbonyl (C=O) groups is 1. The molecule has 1 atom stereocenters. The number of amides is 1. The van der Waals surface area contributed by atoms with E-state index in [-0.39, 0.29) is 11.9 Å². The van der Waals surface area contributed by atoms with Crippen molar-refractivity contribution in [2.45, 2.75) is 25.4 Å². The van der Waals surface area contributed by atoms with Crippen molar-refractivity contribution in [3.05, 3.63) is 23.9 Å². The molecule has 3 heterocycles. The lowest BCUT2D eigenvalue weighted by atomic mass is 10.1. The number of para-hydroxylation sites is 1. The summed E-state index contributed by atoms with van der Waals surface area (Å²) in [5, 5.41) is 5.61. The molecule has 0 radical (unpaired) electrons. The molecule has 1 unspecified atom stereocenters. The van der Waals surface area contributed by atoms with Crippen molar-refractivity contribution in [2.24, 2.45) is 0 Å². The summed E-state index contributed by atoms with van der Waals surface area (Å²) in [4.78, 5) is 17.7. The molecular weight excluding hydrogens is 372 g/mol. The largest absolute Gasteiger partial charge is 0.494 e. The number of ether oxygens (including phenoxy) is 3. The summed E-state index contributed by atoms with van der Waals surface area (Å²) in [7, 11) is 3.34. The smallest absolute Gasteiger partial charge is 0.275 e. The summed E-state index contributed by atoms with van der Waals surface area (Å²) in [6.45, 7) is 6.26. The summed E-state index contributed by atoms with van der Waals surface area (Å²) < 4.78 is 18.3. The molecule has 0 spiro atoms. The van der Waals surface area contributed by atoms with Crippen molar-refractivity contribution < 1.29 is 19.0 Å². The van der Waals surface area contributed by atoms with Crippen molar-refractivity contribution in [3.8, 4) is 5.75 Å². The molecule has 0 N–H and O–H groups in total. The van der Waals surface area contributed by atoms with E-state index in [1.165, 1.54) is 0 Å². The van der Waals surface area contributed by atoms with Crippen molar-refractivity contribution in [3.63, 3.8) is 0 Å². The third-order valence-electron chi connectivity index (χ3n) is 5.88. The van der Waals surface area contributed by atoms with Crippen LogP contribution >= 0.6 is 0 Å². The molecule has 1 aromatic heterocycles. The average Bonchev–Trinajstić information content (AvgIpc) is 3.37. The predicted molar refractivity (Wildman–Crippen MR) is 109 cm³/mol. The Hall–Kier alpha value is -2.16. The number of morpholine rings is 1. The van der Waals surface area contributed by atoms with Gasteiger partial charge in [0.25, 0.3) is 5.91 Å². The molecule has 29 heavy (non-hydrogen) atoms. The van der Waals surface area contributed by atoms with Crippen LogP contribution in [0.25, 0.3) is 10.9 Å². The van der Waals surface area contributed by atoms with Gasteiger partial charge in [-0.3, -0.25) is 14.4 Å². The Labute approximate surface area is 171 Å². The third kappa shape index (κ3) is 4.10. The van der Waals surface area contributed by atoms with E-state index in [4.69, 9.17) is 19.3 Å². The Kier molecular flexibility index (Phi) is 6.32. The molecule has 2 aliphatic heterocycles. The highest BCUT2D eigenvalue weighted by molar-refractivity contribution is 6.06. The molecule has 8 nitrogen and oxygen atoms in total. The van der Waals surface area contributed by atoms with Gasteiger partial charge in [-0.15, -0.1) is 0 Å². The molecule has 1 aromatic carbocycles. The van der Waals surface area contributed by atoms with E-state index < -0.39 is 0 Å². The lowest BCUT2D eigenvalue weighted by Gasteiger charge is -2.26. The molecule has 0 saturated carbocycles. The lowest BCUT2D eigenvalue weighted by Crippen LogP contribution is -2.39. The maximum Gasteiger partial charge on any atom is 0.275 e. The highest BCUT2D eigenvalue weighted by Gasteiger charge is 2.32. The van der Waals surface area contributed by atoms with Crippen molar-refractivity contribution in [2.75, 3.05) is 60.2 Å². The molecular formula is C21H30N4O4. The maximum absolute atomic E-state index is 13.4. The van der Waals surface area contributed by atoms with Crippen LogP contribution in [0.1, 0.15) is 23.3 Å². The topological polar surface area (TPSA) is 69.1 Å². The van der Waals surface area contributed by atoms with Crippen LogP contribution < -0.4 is 4.74 Å². The fourth-order valence-electron chi connectivity index (χ4n) is 4.35. The first-order valence-corrected chi connectivity index (χ1v) is 10.4. The molecule has 8 heteroatoms. The number of benzene rings is 1. The molecule has 0 aliphatic carbocycles. The maximum atomic E-state index is 13.4. The van der Waals surface area contributed by atoms with Crippen LogP contribution in [0.2, 0.25) is 0 Å². The Balaban J connectivity index is 1.64. The lowest BCUT2D eigenvalue weighted by molar-refractivity contribution is 0.0361. The summed E-state index contributed by atoms with van der Waals surface area (Å²) in [6.07, 6.45) is 1.97. The Bertz CT molecular complexity index is 847. The van der Waals surface area contributed by atoms with Gasteiger partial charge in [0, 0.05) is 38.7 Å². The summed E-state index contributed by atoms with van der Waals surface area (Å²) >= 11 is 0. The number of fused-ring (bicyclic) bond motifs is 1. The fourth-order valence-corrected chi connectivity index (χ4v) is 4.35. The molecule has 0 bridgehead atoms. The zero-order valence-corrected chi connectivity index (χ0v) is 17.3. The number of carbonyl (C=O) groups excluding carboxylic acids is 1. The second-order valence-electron chi connectivity index (χ2n) is 7.63. The van der Waals surface area contributed by atoms with E-state index in [9.17, 15) is 4.79 Å². The van der Waals surface area contributed by atoms with E-state index in [0.717, 1.165) is 68.9 Å². The fraction of sp³-hybridized carbons (Fsp3) is 0.619. The quantitative estimate of drug-likeness (QED) is 0.701. The van der Waals surface area contributed by atoms with Crippen LogP contribution in [0.5, 0.6) is 5.75 Å². The highest BCUT2D eigenvalue weighted by Crippen LogP contribution is 2.30. The first-order chi connectivity index (χ1) is 14.2. The number of likely N-dealkylation sites (tertiary alicyclic amines) is 1. The van der Waals surface area contributed by atoms with Crippen LogP contribution in [-0.2, 0) is 16.0 Å². The highest BCUT2D eigenvalue weighted by atomic mass is 16.5. The molecule has 2 aromatic rings. The monoisotopic (exact) mass is 402 g/mol. The standard InChI is InChI=1S/C21H30N4O4/c1-27-15-16-5-4-8-24(16)21(26)19-17-6-3-7-18(28-2)20(17)25(22-19)10-9-23-11-13-29-14-12-23/h3,6-7,16H,4-5,8-15H2,1-2H3. The number of methoxy groups -OCH3 is 2. The van der Waals surface area contributed by atoms with Gasteiger partial charge >= 0.3 is 0 Å². The Morgan fingerprint density at radius 1 is 1.21 bits per heavy atom. The Morgan fingerprint density at radius 2 is 2.03 bits per heavy atom. The van der Waals surface area contributed by atoms with Gasteiger partial charge < -0.3 is 19.1 Å². The van der Waals surface area contributed by atoms with Gasteiger partial charge in [-0.25, -0.2) is 0 Å². The predicted octanol–water partition coefficient (Wildman–Crippen LogP) is 1.63. The zero-order chi connectivity index (χ0) is 20.2. The SMILES string of the molecule is COCC1CCCN1C(=O)c1nn(CCN2CCOCC2)c2c(OC)cccc12. The Morgan fingerprint density at radius 3 is 2.79 bits per heavy atom. The van der Waals surface area contributed by atoms with Crippen LogP contribution in [0, 0.1) is 0 Å². The van der Waals surface area contributed by atoms with Crippen LogP contribution in [0.4, 0.5) is 0 Å². The molecule has 1 amide bonds. The van der Waals surface area contributed by atoms with Gasteiger partial charge in [-0.05, 0) is 18.9 Å². The van der Waals surface area contributed by atoms with E-state index in [1.807, 2.05) is 27.8 Å². The van der Waals surface area contributed by atoms with Crippen molar-refractivity contribution in [1.82, 2.24) is 19.6 Å². The normalized spacial score (nSPS) is 20.5. The van der Waals surface area contributed by atoms with Crippen molar-refractivity contribution >= 4 is 16.8 Å². The molecule has 4 rings (SSSR count). The third-order valence-corrected chi connectivity index (χ3v) is 5.88. The molecule has 158 valence electrons. The first kappa shape index (κ1) is 20.1. The summed E-state index contributed by atoms with van der Waals surface area (Å²) in [5.74, 6) is 0.721. The van der Waals surface area contributed by atoms with Gasteiger partial charge in [-0.2, -0.15) is 5.10 Å². The van der Waals surface area contributed by atoms with Gasteiger partial charge in [0.1, 0.15) is 11.3 Å². The molecule has 2 aliphatic rings. The van der Waals surface area contributed by atoms with Crippen molar-refractivity contribution in [1.29, 1.82) is 0 Å². The van der Waals surface area contributed by atoms with E-state index >= 15 is 0 Å². The van der Waals surface area contributed by atoms with E-state index in [2.05, 4.69) is 4.90 Å². The van der Waals surface area contributed by atoms with Gasteiger partial charge in [0.15, 0.2) is 5.69 Å². The molecule has 2 saturated heterocycles. The summed E-state index contributed by atoms with van der Waals surface area (Å²) in [6, 6.07) is 5.92. The minimum Gasteiger partial charge on any atom is -0.494 e. The molecule has 2 fully saturated rings. The minimum atomic E-state index is -0.0204. The van der Waals surface area contributed by atoms with Crippen LogP contribution in [0.15, 0.2) is 18.2 Å². The van der Waals surface area contributed by atoms with Crippen LogP contribution in [-0.4, -0.2) is 91.7 Å². The minimum absolute atomic E-state index is 0.0204. The van der Waals surface area contributed by atoms with Gasteiger partial charge in [0.2, 0.25) is 0 Å². The number of hydrogen-bond donors (Lipinski definition) is 0. The second kappa shape index (κ2) is 9.11. The van der Waals surface area contributed by atoms with Gasteiger partial charge in [-0.1, -0.05) is 12.1 Å². The number of aromatic nitrogens is 2. The number of rotatable bonds is 7. The average molecular weight is 402 g/mol. The second-order valence-corrected chi connectivity index (χ2v) is 7.63. The summed E-state index contributed by atoms with van der Waals surface area (Å²) in [5.41, 5.74) is 1.39. The number of nitrogens with zero attached hydrogens (tertiary/aromatic N) is 4. The van der Waals surface area contributed by atoms with E-state index in [1.54, 1.807) is 14.2 Å². The van der Waals surface area contributed by atoms with Gasteiger partial charge in [0.05, 0.1) is 39.5 Å². The number of hydrogen-bond acceptors (Lipinski definition) is 6. The zero-order valence-electron chi connectivity index (χ0n) is 17.3. The van der Waals surface area contributed by atoms with Crippen LogP contribution in [0.3, 0.4) is 0 Å². The first-order valence-electron chi connectivity index (χ1n) is 10.4.